The van der Waals surface area contributed by atoms with Crippen molar-refractivity contribution < 1.29 is 18.3 Å². The fourth-order valence-electron chi connectivity index (χ4n) is 2.87. The molecule has 118 valence electrons. The summed E-state index contributed by atoms with van der Waals surface area (Å²) in [6.07, 6.45) is 6.39. The first-order valence-electron chi connectivity index (χ1n) is 7.29. The van der Waals surface area contributed by atoms with Gasteiger partial charge in [0, 0.05) is 25.8 Å². The van der Waals surface area contributed by atoms with Crippen molar-refractivity contribution in [1.29, 1.82) is 0 Å². The molecule has 0 aliphatic heterocycles. The van der Waals surface area contributed by atoms with Crippen LogP contribution in [0.5, 0.6) is 0 Å². The van der Waals surface area contributed by atoms with Crippen LogP contribution in [0.3, 0.4) is 0 Å². The summed E-state index contributed by atoms with van der Waals surface area (Å²) in [5.41, 5.74) is 0.00752. The quantitative estimate of drug-likeness (QED) is 0.903. The molecule has 0 unspecified atom stereocenters. The number of aromatic nitrogens is 1. The molecule has 0 bridgehead atoms. The van der Waals surface area contributed by atoms with Crippen molar-refractivity contribution >= 4 is 16.0 Å². The second kappa shape index (κ2) is 6.19. The van der Waals surface area contributed by atoms with E-state index in [2.05, 4.69) is 0 Å². The molecule has 1 aliphatic carbocycles. The predicted octanol–water partition coefficient (Wildman–Crippen LogP) is 2.16. The molecule has 1 fully saturated rings. The Bertz CT molecular complexity index is 615. The Labute approximate surface area is 125 Å². The zero-order valence-electron chi connectivity index (χ0n) is 12.4. The van der Waals surface area contributed by atoms with Crippen molar-refractivity contribution in [3.05, 3.63) is 18.0 Å². The average Bonchev–Trinajstić information content (AvgIpc) is 2.92. The van der Waals surface area contributed by atoms with Gasteiger partial charge in [0.15, 0.2) is 0 Å². The average molecular weight is 314 g/mol. The van der Waals surface area contributed by atoms with Crippen molar-refractivity contribution in [3.63, 3.8) is 0 Å². The molecule has 0 radical (unpaired) electrons. The Hall–Kier alpha value is -1.34. The summed E-state index contributed by atoms with van der Waals surface area (Å²) in [4.78, 5) is 11.2. The van der Waals surface area contributed by atoms with Crippen molar-refractivity contribution in [2.24, 2.45) is 0 Å². The van der Waals surface area contributed by atoms with Gasteiger partial charge in [-0.15, -0.1) is 0 Å². The van der Waals surface area contributed by atoms with E-state index >= 15 is 0 Å². The molecule has 1 aromatic rings. The minimum atomic E-state index is -3.63. The maximum Gasteiger partial charge on any atom is 0.352 e. The smallest absolute Gasteiger partial charge is 0.352 e. The van der Waals surface area contributed by atoms with E-state index in [0.29, 0.717) is 6.54 Å². The van der Waals surface area contributed by atoms with Crippen molar-refractivity contribution in [1.82, 2.24) is 8.87 Å². The third kappa shape index (κ3) is 3.13. The molecule has 1 heterocycles. The predicted molar refractivity (Wildman–Crippen MR) is 78.9 cm³/mol. The standard InChI is InChI=1S/C14H22N2O4S/c1-3-16-10-12(9-13(16)14(17)18)21(19,20)15(2)11-7-5-4-6-8-11/h9-11H,3-8H2,1-2H3,(H,17,18). The Morgan fingerprint density at radius 3 is 2.48 bits per heavy atom. The van der Waals surface area contributed by atoms with Gasteiger partial charge in [-0.2, -0.15) is 4.31 Å². The maximum atomic E-state index is 12.7. The lowest BCUT2D eigenvalue weighted by Crippen LogP contribution is -2.38. The maximum absolute atomic E-state index is 12.7. The van der Waals surface area contributed by atoms with E-state index in [1.807, 2.05) is 0 Å². The molecule has 0 spiro atoms. The van der Waals surface area contributed by atoms with Gasteiger partial charge in [0.2, 0.25) is 10.0 Å². The third-order valence-electron chi connectivity index (χ3n) is 4.20. The van der Waals surface area contributed by atoms with Gasteiger partial charge in [-0.05, 0) is 25.8 Å². The topological polar surface area (TPSA) is 79.6 Å². The summed E-state index contributed by atoms with van der Waals surface area (Å²) >= 11 is 0. The minimum Gasteiger partial charge on any atom is -0.477 e. The molecule has 0 atom stereocenters. The van der Waals surface area contributed by atoms with Crippen LogP contribution in [-0.4, -0.2) is 41.5 Å². The van der Waals surface area contributed by atoms with Gasteiger partial charge in [-0.1, -0.05) is 19.3 Å². The SMILES string of the molecule is CCn1cc(S(=O)(=O)N(C)C2CCCCC2)cc1C(=O)O. The van der Waals surface area contributed by atoms with E-state index in [0.717, 1.165) is 32.1 Å². The summed E-state index contributed by atoms with van der Waals surface area (Å²) in [6.45, 7) is 2.21. The van der Waals surface area contributed by atoms with Gasteiger partial charge in [-0.25, -0.2) is 13.2 Å². The zero-order valence-corrected chi connectivity index (χ0v) is 13.3. The number of rotatable bonds is 5. The first-order valence-corrected chi connectivity index (χ1v) is 8.73. The number of nitrogens with zero attached hydrogens (tertiary/aromatic N) is 2. The van der Waals surface area contributed by atoms with E-state index in [4.69, 9.17) is 5.11 Å². The molecule has 7 heteroatoms. The fraction of sp³-hybridized carbons (Fsp3) is 0.643. The lowest BCUT2D eigenvalue weighted by atomic mass is 9.96. The summed E-state index contributed by atoms with van der Waals surface area (Å²) < 4.78 is 28.2. The summed E-state index contributed by atoms with van der Waals surface area (Å²) in [7, 11) is -2.04. The number of aryl methyl sites for hydroxylation is 1. The molecule has 1 aliphatic rings. The number of hydrogen-bond donors (Lipinski definition) is 1. The number of aromatic carboxylic acids is 1. The molecule has 0 aromatic carbocycles. The van der Waals surface area contributed by atoms with Crippen molar-refractivity contribution in [2.75, 3.05) is 7.05 Å². The normalized spacial score (nSPS) is 17.3. The number of carboxylic acid groups (broad SMARTS) is 1. The van der Waals surface area contributed by atoms with Gasteiger partial charge in [-0.3, -0.25) is 0 Å². The van der Waals surface area contributed by atoms with E-state index in [9.17, 15) is 13.2 Å². The van der Waals surface area contributed by atoms with Gasteiger partial charge < -0.3 is 9.67 Å². The van der Waals surface area contributed by atoms with Crippen LogP contribution in [0.2, 0.25) is 0 Å². The van der Waals surface area contributed by atoms with Crippen LogP contribution in [0.1, 0.15) is 49.5 Å². The highest BCUT2D eigenvalue weighted by Crippen LogP contribution is 2.27. The van der Waals surface area contributed by atoms with Crippen LogP contribution in [0.4, 0.5) is 0 Å². The summed E-state index contributed by atoms with van der Waals surface area (Å²) in [5.74, 6) is -1.11. The first-order chi connectivity index (χ1) is 9.87. The Morgan fingerprint density at radius 2 is 2.00 bits per heavy atom. The number of hydrogen-bond acceptors (Lipinski definition) is 3. The molecule has 2 rings (SSSR count). The molecular weight excluding hydrogens is 292 g/mol. The molecule has 21 heavy (non-hydrogen) atoms. The van der Waals surface area contributed by atoms with Gasteiger partial charge >= 0.3 is 5.97 Å². The monoisotopic (exact) mass is 314 g/mol. The molecule has 1 aromatic heterocycles. The van der Waals surface area contributed by atoms with E-state index in [-0.39, 0.29) is 16.6 Å². The molecule has 6 nitrogen and oxygen atoms in total. The summed E-state index contributed by atoms with van der Waals surface area (Å²) in [5, 5.41) is 9.13. The largest absolute Gasteiger partial charge is 0.477 e. The Morgan fingerprint density at radius 1 is 1.38 bits per heavy atom. The van der Waals surface area contributed by atoms with Crippen LogP contribution in [-0.2, 0) is 16.6 Å². The molecule has 1 N–H and O–H groups in total. The van der Waals surface area contributed by atoms with E-state index in [1.54, 1.807) is 14.0 Å². The first kappa shape index (κ1) is 16.0. The lowest BCUT2D eigenvalue weighted by molar-refractivity contribution is 0.0685. The van der Waals surface area contributed by atoms with Gasteiger partial charge in [0.25, 0.3) is 0 Å². The molecular formula is C14H22N2O4S. The van der Waals surface area contributed by atoms with Crippen LogP contribution < -0.4 is 0 Å². The highest BCUT2D eigenvalue weighted by molar-refractivity contribution is 7.89. The van der Waals surface area contributed by atoms with Crippen molar-refractivity contribution in [2.45, 2.75) is 56.5 Å². The van der Waals surface area contributed by atoms with Gasteiger partial charge in [0.05, 0.1) is 0 Å². The highest BCUT2D eigenvalue weighted by atomic mass is 32.2. The summed E-state index contributed by atoms with van der Waals surface area (Å²) in [6, 6.07) is 1.27. The second-order valence-corrected chi connectivity index (χ2v) is 7.46. The Kier molecular flexibility index (Phi) is 4.73. The number of sulfonamides is 1. The van der Waals surface area contributed by atoms with Crippen molar-refractivity contribution in [3.8, 4) is 0 Å². The van der Waals surface area contributed by atoms with Crippen LogP contribution in [0, 0.1) is 0 Å². The van der Waals surface area contributed by atoms with Gasteiger partial charge in [0.1, 0.15) is 10.6 Å². The van der Waals surface area contributed by atoms with Crippen LogP contribution >= 0.6 is 0 Å². The van der Waals surface area contributed by atoms with E-state index < -0.39 is 16.0 Å². The molecule has 0 amide bonds. The third-order valence-corrected chi connectivity index (χ3v) is 6.07. The van der Waals surface area contributed by atoms with Crippen LogP contribution in [0.25, 0.3) is 0 Å². The lowest BCUT2D eigenvalue weighted by Gasteiger charge is -2.30. The zero-order chi connectivity index (χ0) is 15.6. The highest BCUT2D eigenvalue weighted by Gasteiger charge is 2.30. The fourth-order valence-corrected chi connectivity index (χ4v) is 4.33. The Balaban J connectivity index is 2.32. The van der Waals surface area contributed by atoms with Crippen LogP contribution in [0.15, 0.2) is 17.2 Å². The number of carbonyl (C=O) groups is 1. The van der Waals surface area contributed by atoms with E-state index in [1.165, 1.54) is 21.1 Å². The second-order valence-electron chi connectivity index (χ2n) is 5.47. The minimum absolute atomic E-state index is 0.00752. The molecule has 1 saturated carbocycles. The molecule has 0 saturated heterocycles. The number of carboxylic acids is 1.